The molecule has 1 aromatic carbocycles. The summed E-state index contributed by atoms with van der Waals surface area (Å²) in [7, 11) is 3.49. The summed E-state index contributed by atoms with van der Waals surface area (Å²) in [4.78, 5) is 10.7. The molecule has 0 aliphatic carbocycles. The van der Waals surface area contributed by atoms with Crippen molar-refractivity contribution in [1.29, 1.82) is 0 Å². The number of aliphatic imine (C=N–C) groups is 1. The third-order valence-electron chi connectivity index (χ3n) is 4.48. The Balaban J connectivity index is 0.00000280. The van der Waals surface area contributed by atoms with Crippen LogP contribution in [-0.2, 0) is 0 Å². The summed E-state index contributed by atoms with van der Waals surface area (Å²) in [5, 5.41) is 6.78. The minimum Gasteiger partial charge on any atom is -0.495 e. The highest BCUT2D eigenvalue weighted by Crippen LogP contribution is 2.30. The molecule has 1 fully saturated rings. The van der Waals surface area contributed by atoms with Gasteiger partial charge in [-0.3, -0.25) is 9.98 Å². The first-order valence-corrected chi connectivity index (χ1v) is 9.18. The highest BCUT2D eigenvalue weighted by atomic mass is 127. The number of para-hydroxylation sites is 2. The Bertz CT molecular complexity index is 744. The Morgan fingerprint density at radius 1 is 1.29 bits per heavy atom. The van der Waals surface area contributed by atoms with Crippen LogP contribution in [0.2, 0.25) is 0 Å². The van der Waals surface area contributed by atoms with Crippen LogP contribution >= 0.6 is 24.0 Å². The maximum absolute atomic E-state index is 5.64. The number of nitrogens with one attached hydrogen (secondary N) is 2. The molecule has 1 aliphatic rings. The van der Waals surface area contributed by atoms with E-state index in [0.717, 1.165) is 42.7 Å². The summed E-state index contributed by atoms with van der Waals surface area (Å²) in [5.41, 5.74) is 1.14. The van der Waals surface area contributed by atoms with Crippen LogP contribution in [0.3, 0.4) is 0 Å². The number of hydrogen-bond acceptors (Lipinski definition) is 5. The van der Waals surface area contributed by atoms with Crippen molar-refractivity contribution in [2.75, 3.05) is 45.3 Å². The van der Waals surface area contributed by atoms with Gasteiger partial charge in [0.1, 0.15) is 18.1 Å². The number of nitrogens with zero attached hydrogens (tertiary/aromatic N) is 3. The average Bonchev–Trinajstić information content (AvgIpc) is 3.19. The van der Waals surface area contributed by atoms with Crippen LogP contribution in [0.15, 0.2) is 53.8 Å². The lowest BCUT2D eigenvalue weighted by molar-refractivity contribution is 0.320. The van der Waals surface area contributed by atoms with Gasteiger partial charge in [0.25, 0.3) is 0 Å². The lowest BCUT2D eigenvalue weighted by atomic mass is 10.2. The SMILES string of the molecule is CN=C(NCCOc1cccnc1)NC1CCN(c2ccccc2OC)C1.I. The summed E-state index contributed by atoms with van der Waals surface area (Å²) in [6.45, 7) is 3.11. The van der Waals surface area contributed by atoms with E-state index in [1.165, 1.54) is 0 Å². The monoisotopic (exact) mass is 497 g/mol. The zero-order valence-electron chi connectivity index (χ0n) is 16.3. The summed E-state index contributed by atoms with van der Waals surface area (Å²) in [6, 6.07) is 12.2. The molecule has 7 nitrogen and oxygen atoms in total. The molecular formula is C20H28IN5O2. The molecule has 1 saturated heterocycles. The first kappa shape index (κ1) is 22.1. The number of rotatable bonds is 7. The smallest absolute Gasteiger partial charge is 0.191 e. The highest BCUT2D eigenvalue weighted by Gasteiger charge is 2.25. The van der Waals surface area contributed by atoms with Crippen LogP contribution in [0.1, 0.15) is 6.42 Å². The van der Waals surface area contributed by atoms with Crippen molar-refractivity contribution in [2.24, 2.45) is 4.99 Å². The predicted molar refractivity (Wildman–Crippen MR) is 123 cm³/mol. The van der Waals surface area contributed by atoms with Crippen molar-refractivity contribution in [1.82, 2.24) is 15.6 Å². The van der Waals surface area contributed by atoms with Crippen LogP contribution in [-0.4, -0.2) is 57.4 Å². The van der Waals surface area contributed by atoms with E-state index in [1.54, 1.807) is 26.6 Å². The van der Waals surface area contributed by atoms with E-state index < -0.39 is 0 Å². The number of guanidine groups is 1. The van der Waals surface area contributed by atoms with Gasteiger partial charge in [-0.1, -0.05) is 12.1 Å². The lowest BCUT2D eigenvalue weighted by Gasteiger charge is -2.22. The molecule has 1 aliphatic heterocycles. The second kappa shape index (κ2) is 11.6. The van der Waals surface area contributed by atoms with Crippen LogP contribution < -0.4 is 25.0 Å². The van der Waals surface area contributed by atoms with E-state index in [2.05, 4.69) is 31.6 Å². The fraction of sp³-hybridized carbons (Fsp3) is 0.400. The van der Waals surface area contributed by atoms with Crippen LogP contribution in [0.4, 0.5) is 5.69 Å². The number of aromatic nitrogens is 1. The van der Waals surface area contributed by atoms with E-state index in [0.29, 0.717) is 19.2 Å². The van der Waals surface area contributed by atoms with Crippen LogP contribution in [0.25, 0.3) is 0 Å². The number of anilines is 1. The van der Waals surface area contributed by atoms with Gasteiger partial charge in [0.05, 0.1) is 25.5 Å². The highest BCUT2D eigenvalue weighted by molar-refractivity contribution is 14.0. The van der Waals surface area contributed by atoms with Gasteiger partial charge in [0.2, 0.25) is 0 Å². The molecule has 0 radical (unpaired) electrons. The number of halogens is 1. The second-order valence-electron chi connectivity index (χ2n) is 6.28. The standard InChI is InChI=1S/C20H27N5O2.HI/c1-21-20(23-11-13-27-17-6-5-10-22-14-17)24-16-9-12-25(15-16)18-7-3-4-8-19(18)26-2;/h3-8,10,14,16H,9,11-13,15H2,1-2H3,(H2,21,23,24);1H. The third kappa shape index (κ3) is 6.15. The van der Waals surface area contributed by atoms with Gasteiger partial charge in [-0.15, -0.1) is 24.0 Å². The Labute approximate surface area is 183 Å². The molecule has 2 heterocycles. The molecule has 28 heavy (non-hydrogen) atoms. The van der Waals surface area contributed by atoms with Gasteiger partial charge in [0.15, 0.2) is 5.96 Å². The summed E-state index contributed by atoms with van der Waals surface area (Å²) in [6.07, 6.45) is 4.48. The average molecular weight is 497 g/mol. The zero-order chi connectivity index (χ0) is 18.9. The Morgan fingerprint density at radius 3 is 2.89 bits per heavy atom. The quantitative estimate of drug-likeness (QED) is 0.265. The molecule has 152 valence electrons. The Kier molecular flexibility index (Phi) is 9.12. The molecule has 1 unspecified atom stereocenters. The van der Waals surface area contributed by atoms with Gasteiger partial charge >= 0.3 is 0 Å². The summed E-state index contributed by atoms with van der Waals surface area (Å²) < 4.78 is 11.1. The fourth-order valence-electron chi connectivity index (χ4n) is 3.15. The molecule has 3 rings (SSSR count). The van der Waals surface area contributed by atoms with Gasteiger partial charge in [0, 0.05) is 32.4 Å². The molecule has 1 atom stereocenters. The van der Waals surface area contributed by atoms with Gasteiger partial charge in [-0.05, 0) is 30.7 Å². The maximum atomic E-state index is 5.64. The molecule has 0 bridgehead atoms. The summed E-state index contributed by atoms with van der Waals surface area (Å²) >= 11 is 0. The van der Waals surface area contributed by atoms with Crippen LogP contribution in [0.5, 0.6) is 11.5 Å². The molecular weight excluding hydrogens is 469 g/mol. The number of methoxy groups -OCH3 is 1. The van der Waals surface area contributed by atoms with Crippen LogP contribution in [0, 0.1) is 0 Å². The second-order valence-corrected chi connectivity index (χ2v) is 6.28. The molecule has 2 aromatic rings. The number of hydrogen-bond donors (Lipinski definition) is 2. The molecule has 0 spiro atoms. The zero-order valence-corrected chi connectivity index (χ0v) is 18.6. The Morgan fingerprint density at radius 2 is 2.14 bits per heavy atom. The van der Waals surface area contributed by atoms with Crippen molar-refractivity contribution < 1.29 is 9.47 Å². The van der Waals surface area contributed by atoms with Crippen molar-refractivity contribution in [2.45, 2.75) is 12.5 Å². The van der Waals surface area contributed by atoms with E-state index >= 15 is 0 Å². The van der Waals surface area contributed by atoms with Gasteiger partial charge in [-0.25, -0.2) is 0 Å². The first-order chi connectivity index (χ1) is 13.3. The third-order valence-corrected chi connectivity index (χ3v) is 4.48. The normalized spacial score (nSPS) is 16.3. The van der Waals surface area contributed by atoms with Crippen molar-refractivity contribution >= 4 is 35.6 Å². The topological polar surface area (TPSA) is 71.0 Å². The molecule has 0 amide bonds. The molecule has 0 saturated carbocycles. The number of pyridine rings is 1. The fourth-order valence-corrected chi connectivity index (χ4v) is 3.15. The number of ether oxygens (including phenoxy) is 2. The van der Waals surface area contributed by atoms with Gasteiger partial charge in [-0.2, -0.15) is 0 Å². The maximum Gasteiger partial charge on any atom is 0.191 e. The van der Waals surface area contributed by atoms with Crippen molar-refractivity contribution in [3.63, 3.8) is 0 Å². The van der Waals surface area contributed by atoms with Crippen molar-refractivity contribution in [3.8, 4) is 11.5 Å². The first-order valence-electron chi connectivity index (χ1n) is 9.18. The lowest BCUT2D eigenvalue weighted by Crippen LogP contribution is -2.45. The molecule has 1 aromatic heterocycles. The van der Waals surface area contributed by atoms with Crippen molar-refractivity contribution in [3.05, 3.63) is 48.8 Å². The van der Waals surface area contributed by atoms with E-state index in [4.69, 9.17) is 9.47 Å². The minimum atomic E-state index is 0. The minimum absolute atomic E-state index is 0. The van der Waals surface area contributed by atoms with E-state index in [-0.39, 0.29) is 24.0 Å². The predicted octanol–water partition coefficient (Wildman–Crippen LogP) is 2.53. The molecule has 8 heteroatoms. The summed E-state index contributed by atoms with van der Waals surface area (Å²) in [5.74, 6) is 2.47. The van der Waals surface area contributed by atoms with E-state index in [9.17, 15) is 0 Å². The molecule has 2 N–H and O–H groups in total. The number of benzene rings is 1. The Hall–Kier alpha value is -2.23. The van der Waals surface area contributed by atoms with Gasteiger partial charge < -0.3 is 25.0 Å². The van der Waals surface area contributed by atoms with E-state index in [1.807, 2.05) is 30.3 Å². The largest absolute Gasteiger partial charge is 0.495 e.